The number of rotatable bonds is 29. The van der Waals surface area contributed by atoms with E-state index in [9.17, 15) is 9.59 Å². The first kappa shape index (κ1) is 198. The van der Waals surface area contributed by atoms with Crippen LogP contribution in [0.5, 0.6) is 0 Å². The third-order valence-electron chi connectivity index (χ3n) is 23.2. The van der Waals surface area contributed by atoms with Crippen LogP contribution in [-0.2, 0) is 36.3 Å². The zero-order valence-corrected chi connectivity index (χ0v) is 88.3. The fraction of sp³-hybridized carbons (Fsp3) is 0.541. The third kappa shape index (κ3) is 89.0. The van der Waals surface area contributed by atoms with E-state index >= 15 is 0 Å². The second kappa shape index (κ2) is 122. The number of methoxy groups -OCH3 is 1. The van der Waals surface area contributed by atoms with Crippen LogP contribution in [0.4, 0.5) is 0 Å². The van der Waals surface area contributed by atoms with Crippen molar-refractivity contribution in [3.63, 3.8) is 0 Å². The van der Waals surface area contributed by atoms with Crippen LogP contribution in [0.25, 0.3) is 0 Å². The summed E-state index contributed by atoms with van der Waals surface area (Å²) in [5.41, 5.74) is 16.4. The number of esters is 2. The van der Waals surface area contributed by atoms with Crippen molar-refractivity contribution in [1.29, 1.82) is 0 Å². The van der Waals surface area contributed by atoms with E-state index in [1.807, 2.05) is 99.5 Å². The van der Waals surface area contributed by atoms with Gasteiger partial charge in [0.1, 0.15) is 0 Å². The first-order chi connectivity index (χ1) is 59.8. The van der Waals surface area contributed by atoms with Gasteiger partial charge in [-0.1, -0.05) is 531 Å². The summed E-state index contributed by atoms with van der Waals surface area (Å²) in [6.45, 7) is 52.1. The average molecular weight is 2200 g/mol. The number of benzene rings is 10. The summed E-state index contributed by atoms with van der Waals surface area (Å²) in [5, 5.41) is 0. The molecule has 0 radical (unpaired) electrons. The summed E-state index contributed by atoms with van der Waals surface area (Å²) in [5.74, 6) is 8.47. The minimum absolute atomic E-state index is 0. The molecule has 0 fully saturated rings. The molecular formula is C135H252O4S8. The van der Waals surface area contributed by atoms with Gasteiger partial charge < -0.3 is 9.47 Å². The summed E-state index contributed by atoms with van der Waals surface area (Å²) < 4.78 is 9.32. The molecule has 0 heterocycles. The molecule has 0 aromatic heterocycles. The zero-order chi connectivity index (χ0) is 94.1. The van der Waals surface area contributed by atoms with E-state index in [0.717, 1.165) is 44.8 Å². The van der Waals surface area contributed by atoms with Gasteiger partial charge in [-0.2, -0.15) is 37.9 Å². The van der Waals surface area contributed by atoms with Crippen LogP contribution in [0, 0.1) is 11.3 Å². The number of carbonyl (C=O) groups excluding carboxylic acids is 2. The molecule has 10 atom stereocenters. The molecule has 4 nitrogen and oxygen atoms in total. The smallest absolute Gasteiger partial charge is 0.311 e. The molecule has 0 aliphatic heterocycles. The Morgan fingerprint density at radius 1 is 0.252 bits per heavy atom. The molecule has 0 saturated carbocycles. The summed E-state index contributed by atoms with van der Waals surface area (Å²) >= 11 is 25.3. The van der Waals surface area contributed by atoms with Crippen molar-refractivity contribution in [2.75, 3.05) is 13.7 Å². The van der Waals surface area contributed by atoms with Crippen molar-refractivity contribution in [2.45, 2.75) is 495 Å². The fourth-order valence-electron chi connectivity index (χ4n) is 11.2. The lowest BCUT2D eigenvalue weighted by molar-refractivity contribution is -0.151. The minimum atomic E-state index is -0.311. The van der Waals surface area contributed by atoms with Gasteiger partial charge in [-0.05, 0) is 272 Å². The van der Waals surface area contributed by atoms with Gasteiger partial charge in [-0.3, -0.25) is 9.59 Å². The topological polar surface area (TPSA) is 52.6 Å². The van der Waals surface area contributed by atoms with Crippen LogP contribution in [0.3, 0.4) is 0 Å². The van der Waals surface area contributed by atoms with Gasteiger partial charge in [0.2, 0.25) is 0 Å². The predicted octanol–water partition coefficient (Wildman–Crippen LogP) is 50.9. The summed E-state index contributed by atoms with van der Waals surface area (Å²) in [6.07, 6.45) is 12.6. The molecule has 0 bridgehead atoms. The average Bonchev–Trinajstić information content (AvgIpc) is 0.871. The maximum absolute atomic E-state index is 10.8. The Balaban J connectivity index is -0.0000000542. The number of carbonyl (C=O) groups is 2. The normalized spacial score (nSPS) is 10.8. The highest BCUT2D eigenvalue weighted by Crippen LogP contribution is 2.38. The van der Waals surface area contributed by atoms with Gasteiger partial charge in [-0.15, -0.1) is 37.9 Å². The largest absolute Gasteiger partial charge is 0.469 e. The summed E-state index contributed by atoms with van der Waals surface area (Å²) in [4.78, 5) is 27.3. The van der Waals surface area contributed by atoms with Gasteiger partial charge in [0, 0.05) is 41.7 Å². The molecule has 0 spiro atoms. The van der Waals surface area contributed by atoms with Crippen LogP contribution < -0.4 is 0 Å². The number of thiol groups is 6. The van der Waals surface area contributed by atoms with Crippen molar-refractivity contribution in [1.82, 2.24) is 0 Å². The highest BCUT2D eigenvalue weighted by atomic mass is 33.1. The van der Waals surface area contributed by atoms with Crippen molar-refractivity contribution >= 4 is 109 Å². The van der Waals surface area contributed by atoms with Gasteiger partial charge in [0.05, 0.1) is 25.0 Å². The highest BCUT2D eigenvalue weighted by Gasteiger charge is 2.25. The number of ether oxygens (including phenoxy) is 2. The second-order valence-electron chi connectivity index (χ2n) is 32.9. The molecule has 10 unspecified atom stereocenters. The van der Waals surface area contributed by atoms with Crippen LogP contribution in [0.2, 0.25) is 0 Å². The van der Waals surface area contributed by atoms with Gasteiger partial charge in [0.15, 0.2) is 0 Å². The maximum Gasteiger partial charge on any atom is 0.311 e. The quantitative estimate of drug-likeness (QED) is 0.0160. The van der Waals surface area contributed by atoms with Crippen LogP contribution in [-0.4, -0.2) is 25.7 Å². The van der Waals surface area contributed by atoms with Crippen molar-refractivity contribution in [2.24, 2.45) is 11.3 Å². The fourth-order valence-corrected chi connectivity index (χ4v) is 14.3. The lowest BCUT2D eigenvalue weighted by atomic mass is 9.91. The molecule has 147 heavy (non-hydrogen) atoms. The molecule has 0 aliphatic rings. The van der Waals surface area contributed by atoms with Gasteiger partial charge in [-0.25, -0.2) is 0 Å². The van der Waals surface area contributed by atoms with E-state index in [4.69, 9.17) is 4.74 Å². The Bertz CT molecular complexity index is 3910. The minimum Gasteiger partial charge on any atom is -0.469 e. The molecule has 10 aromatic carbocycles. The molecule has 864 valence electrons. The van der Waals surface area contributed by atoms with E-state index in [-0.39, 0.29) is 187 Å². The molecule has 0 amide bonds. The monoisotopic (exact) mass is 2190 g/mol. The first-order valence-corrected chi connectivity index (χ1v) is 51.5. The molecular weight excluding hydrogens is 1940 g/mol. The molecule has 0 aliphatic carbocycles. The van der Waals surface area contributed by atoms with Gasteiger partial charge in [0.25, 0.3) is 0 Å². The van der Waals surface area contributed by atoms with Gasteiger partial charge >= 0.3 is 11.9 Å². The van der Waals surface area contributed by atoms with E-state index in [1.54, 1.807) is 0 Å². The summed E-state index contributed by atoms with van der Waals surface area (Å²) in [7, 11) is 5.04. The molecule has 0 N–H and O–H groups in total. The molecule has 12 heteroatoms. The summed E-state index contributed by atoms with van der Waals surface area (Å²) in [6, 6.07) is 92.1. The third-order valence-corrected chi connectivity index (χ3v) is 27.6. The zero-order valence-electron chi connectivity index (χ0n) is 81.3. The van der Waals surface area contributed by atoms with Crippen LogP contribution in [0.1, 0.15) is 520 Å². The molecule has 10 aromatic rings. The Labute approximate surface area is 968 Å². The standard InChI is InChI=1S/C16H18S2.3C11H16S.3C10H14S.2C10H14.2C7H14O2.22CH4/c1-3-13(2)14-9-11-16(12-10-14)18-17-15-7-5-4-6-8-15;3*1-3-9(2)11-6-4-10(8-12)5-7-11;3*1-3-8(2)9-4-6-10(11)7-5-9;2*1-3-9(2)10-7-5-4-6-8-10;1-5-7(2,3)6(8)9-4;1-4-6(3)7(8)9-5-2;;;;;;;;;;;;;;;;;;;;;;/h4-13H,3H2,1-2H3;3*4-7,9,12H,3,8H2,1-2H3;3*4-8,11H,3H2,1-2H3;2*4-9H,3H2,1-2H3;5H2,1-4H3;6H,4-5H2,1-3H3;22*1H4. The predicted molar refractivity (Wildman–Crippen MR) is 725 cm³/mol. The highest BCUT2D eigenvalue weighted by molar-refractivity contribution is 8.76. The molecule has 10 rings (SSSR count). The van der Waals surface area contributed by atoms with Crippen molar-refractivity contribution in [3.8, 4) is 0 Å². The Kier molecular flexibility index (Phi) is 164. The number of hydrogen-bond acceptors (Lipinski definition) is 12. The maximum atomic E-state index is 10.8. The second-order valence-corrected chi connectivity index (χ2v) is 37.7. The Hall–Kier alpha value is -6.06. The van der Waals surface area contributed by atoms with E-state index in [1.165, 1.54) is 141 Å². The van der Waals surface area contributed by atoms with E-state index in [0.29, 0.717) is 59.9 Å². The molecule has 0 saturated heterocycles. The van der Waals surface area contributed by atoms with Crippen molar-refractivity contribution < 1.29 is 19.1 Å². The SMILES string of the molecule is C.C.C.C.C.C.C.C.C.C.C.C.C.C.C.C.C.C.C.C.C.C.CCC(C)(C)C(=O)OC.CCC(C)c1ccc(CS)cc1.CCC(C)c1ccc(CS)cc1.CCC(C)c1ccc(CS)cc1.CCC(C)c1ccc(S)cc1.CCC(C)c1ccc(S)cc1.CCC(C)c1ccc(S)cc1.CCC(C)c1ccc(SSc2ccccc2)cc1.CCC(C)c1ccccc1.CCC(C)c1ccccc1.CCOC(=O)C(C)CC. The van der Waals surface area contributed by atoms with E-state index < -0.39 is 0 Å². The van der Waals surface area contributed by atoms with Crippen molar-refractivity contribution in [3.05, 3.63) is 328 Å². The van der Waals surface area contributed by atoms with Crippen LogP contribution >= 0.6 is 97.4 Å². The first-order valence-electron chi connectivity index (χ1n) is 46.1. The Morgan fingerprint density at radius 3 is 0.578 bits per heavy atom. The van der Waals surface area contributed by atoms with E-state index in [2.05, 4.69) is 430 Å². The lowest BCUT2D eigenvalue weighted by Crippen LogP contribution is -2.24. The Morgan fingerprint density at radius 2 is 0.422 bits per heavy atom. The lowest BCUT2D eigenvalue weighted by Gasteiger charge is -2.17. The van der Waals surface area contributed by atoms with Crippen LogP contribution in [0.15, 0.2) is 285 Å². The number of hydrogen-bond donors (Lipinski definition) is 6.